The summed E-state index contributed by atoms with van der Waals surface area (Å²) < 4.78 is 35.6. The van der Waals surface area contributed by atoms with Crippen LogP contribution in [0.1, 0.15) is 126 Å². The van der Waals surface area contributed by atoms with Crippen LogP contribution in [0.5, 0.6) is 0 Å². The van der Waals surface area contributed by atoms with Crippen LogP contribution >= 0.6 is 0 Å². The van der Waals surface area contributed by atoms with E-state index in [4.69, 9.17) is 28.4 Å². The van der Waals surface area contributed by atoms with E-state index in [1.807, 2.05) is 58.1 Å². The average molecular weight is 958 g/mol. The minimum absolute atomic E-state index is 0.0158. The molecule has 0 aromatic rings. The summed E-state index contributed by atoms with van der Waals surface area (Å²) in [6.07, 6.45) is 12.0. The highest BCUT2D eigenvalue weighted by molar-refractivity contribution is 6.39. The maximum Gasteiger partial charge on any atom is 0.329 e. The molecule has 0 spiro atoms. The first-order valence-corrected chi connectivity index (χ1v) is 25.0. The summed E-state index contributed by atoms with van der Waals surface area (Å²) in [7, 11) is 4.58. The number of cyclic esters (lactones) is 1. The third-order valence-electron chi connectivity index (χ3n) is 14.9. The van der Waals surface area contributed by atoms with Gasteiger partial charge in [-0.2, -0.15) is 0 Å². The van der Waals surface area contributed by atoms with Crippen LogP contribution in [0.25, 0.3) is 0 Å². The van der Waals surface area contributed by atoms with Crippen LogP contribution < -0.4 is 0 Å². The summed E-state index contributed by atoms with van der Waals surface area (Å²) >= 11 is 0. The van der Waals surface area contributed by atoms with Crippen molar-refractivity contribution in [3.63, 3.8) is 0 Å². The molecule has 2 saturated heterocycles. The van der Waals surface area contributed by atoms with Gasteiger partial charge in [-0.3, -0.25) is 19.2 Å². The third kappa shape index (κ3) is 15.3. The Hall–Kier alpha value is -3.41. The molecule has 15 heteroatoms. The molecule has 1 aliphatic carbocycles. The van der Waals surface area contributed by atoms with E-state index < -0.39 is 77.8 Å². The van der Waals surface area contributed by atoms with Crippen molar-refractivity contribution in [1.29, 1.82) is 0 Å². The zero-order valence-electron chi connectivity index (χ0n) is 42.4. The molecule has 3 heterocycles. The van der Waals surface area contributed by atoms with E-state index in [9.17, 15) is 39.3 Å². The first-order chi connectivity index (χ1) is 32.3. The summed E-state index contributed by atoms with van der Waals surface area (Å²) in [5.41, 5.74) is 1.26. The fourth-order valence-electron chi connectivity index (χ4n) is 10.5. The van der Waals surface area contributed by atoms with Crippen LogP contribution in [-0.4, -0.2) is 145 Å². The molecule has 2 bridgehead atoms. The van der Waals surface area contributed by atoms with E-state index in [1.54, 1.807) is 41.1 Å². The molecule has 4 aliphatic rings. The second-order valence-corrected chi connectivity index (χ2v) is 20.2. The molecule has 0 radical (unpaired) electrons. The van der Waals surface area contributed by atoms with E-state index in [2.05, 4.69) is 0 Å². The molecule has 7 unspecified atom stereocenters. The number of hydrogen-bond acceptors (Lipinski definition) is 14. The Labute approximate surface area is 405 Å². The lowest BCUT2D eigenvalue weighted by atomic mass is 9.78. The van der Waals surface area contributed by atoms with Gasteiger partial charge in [-0.25, -0.2) is 4.79 Å². The standard InChI is InChI=1S/C53H83NO14/c1-32-16-12-11-13-17-33(2)44(63-8)30-40-21-19-38(7)53(62,68-40)50(59)51(60)54-23-15-14-18-41(54)52(61)67-45(35(4)28-39-20-22-43(66-25-24-55)46(29-39)64-9)31-42(56)34(3)27-37(6)48(58)49(65-10)47(57)36(5)26-32/h11-13,16-17,27,32,34-36,38-41,43-46,48-49,55,58,62H,14-15,18-26,28-31H2,1-10H3/b13-11+,16-12+,33-17+,37-27+/t32-,34?,35?,36-,38?,39?,40+,41+,43?,44?,45+,46-,48-,49?,53-/m1/s1. The highest BCUT2D eigenvalue weighted by atomic mass is 16.6. The van der Waals surface area contributed by atoms with Gasteiger partial charge in [0.25, 0.3) is 11.7 Å². The molecule has 1 saturated carbocycles. The van der Waals surface area contributed by atoms with Crippen molar-refractivity contribution in [2.75, 3.05) is 41.1 Å². The zero-order chi connectivity index (χ0) is 50.3. The molecule has 0 aromatic heterocycles. The quantitative estimate of drug-likeness (QED) is 0.134. The molecule has 15 nitrogen and oxygen atoms in total. The highest BCUT2D eigenvalue weighted by Gasteiger charge is 2.53. The van der Waals surface area contributed by atoms with E-state index in [-0.39, 0.29) is 74.1 Å². The van der Waals surface area contributed by atoms with Gasteiger partial charge < -0.3 is 48.6 Å². The number of amides is 1. The Morgan fingerprint density at radius 2 is 1.59 bits per heavy atom. The van der Waals surface area contributed by atoms with E-state index >= 15 is 0 Å². The van der Waals surface area contributed by atoms with Crippen molar-refractivity contribution in [3.05, 3.63) is 47.6 Å². The number of carbonyl (C=O) groups is 5. The van der Waals surface area contributed by atoms with Crippen LogP contribution in [-0.2, 0) is 52.4 Å². The Bertz CT molecular complexity index is 1810. The largest absolute Gasteiger partial charge is 0.460 e. The van der Waals surface area contributed by atoms with Crippen molar-refractivity contribution >= 4 is 29.2 Å². The minimum Gasteiger partial charge on any atom is -0.460 e. The van der Waals surface area contributed by atoms with Gasteiger partial charge in [-0.1, -0.05) is 71.1 Å². The van der Waals surface area contributed by atoms with Gasteiger partial charge in [0.1, 0.15) is 30.1 Å². The number of aliphatic hydroxyl groups excluding tert-OH is 2. The lowest BCUT2D eigenvalue weighted by Crippen LogP contribution is -2.61. The Balaban J connectivity index is 1.70. The number of hydrogen-bond donors (Lipinski definition) is 3. The molecule has 3 N–H and O–H groups in total. The van der Waals surface area contributed by atoms with Crippen molar-refractivity contribution in [3.8, 4) is 0 Å². The number of rotatable bonds is 9. The summed E-state index contributed by atoms with van der Waals surface area (Å²) in [6.45, 7) is 12.9. The van der Waals surface area contributed by atoms with Gasteiger partial charge in [-0.15, -0.1) is 0 Å². The number of aliphatic hydroxyl groups is 3. The number of esters is 1. The first-order valence-electron chi connectivity index (χ1n) is 25.0. The molecule has 3 fully saturated rings. The smallest absolute Gasteiger partial charge is 0.329 e. The predicted octanol–water partition coefficient (Wildman–Crippen LogP) is 6.20. The minimum atomic E-state index is -2.43. The lowest BCUT2D eigenvalue weighted by molar-refractivity contribution is -0.265. The maximum atomic E-state index is 14.5. The Morgan fingerprint density at radius 3 is 2.26 bits per heavy atom. The molecular weight excluding hydrogens is 875 g/mol. The number of fused-ring (bicyclic) bond motifs is 3. The zero-order valence-corrected chi connectivity index (χ0v) is 42.4. The SMILES string of the molecule is COC1C[C@@H]2CCC(C)[C@@](O)(O2)C(=O)C(=O)N2CCCC[C@H]2C(=O)O[C@H](C(C)CC2CCC(OCCO)[C@H](OC)C2)CC(=O)C(C)/C=C(\C)[C@@H](O)C(OC)C(=O)[C@H](C)C[C@H](C)/C=C/C=C/C=C/1C. The molecule has 1 amide bonds. The lowest BCUT2D eigenvalue weighted by Gasteiger charge is -2.42. The topological polar surface area (TPSA) is 205 Å². The fraction of sp³-hybridized carbons (Fsp3) is 0.755. The van der Waals surface area contributed by atoms with Crippen LogP contribution in [0.2, 0.25) is 0 Å². The third-order valence-corrected chi connectivity index (χ3v) is 14.9. The van der Waals surface area contributed by atoms with Crippen LogP contribution in [0.15, 0.2) is 47.6 Å². The number of carbonyl (C=O) groups excluding carboxylic acids is 5. The van der Waals surface area contributed by atoms with E-state index in [0.717, 1.165) is 12.0 Å². The number of allylic oxidation sites excluding steroid dienone is 6. The van der Waals surface area contributed by atoms with Crippen LogP contribution in [0.3, 0.4) is 0 Å². The van der Waals surface area contributed by atoms with Crippen molar-refractivity contribution in [2.24, 2.45) is 35.5 Å². The molecule has 68 heavy (non-hydrogen) atoms. The van der Waals surface area contributed by atoms with Gasteiger partial charge in [0, 0.05) is 58.5 Å². The normalized spacial score (nSPS) is 39.2. The average Bonchev–Trinajstić information content (AvgIpc) is 3.32. The fourth-order valence-corrected chi connectivity index (χ4v) is 10.5. The number of methoxy groups -OCH3 is 3. The first kappa shape index (κ1) is 57.2. The number of piperidine rings is 1. The van der Waals surface area contributed by atoms with Gasteiger partial charge in [0.15, 0.2) is 5.78 Å². The van der Waals surface area contributed by atoms with Crippen molar-refractivity contribution in [2.45, 2.75) is 180 Å². The van der Waals surface area contributed by atoms with Gasteiger partial charge in [0.05, 0.1) is 37.6 Å². The molecule has 4 rings (SSSR count). The molecular formula is C53H83NO14. The van der Waals surface area contributed by atoms with E-state index in [0.29, 0.717) is 63.4 Å². The number of Topliss-reactive ketones (excluding diaryl/α,β-unsaturated/α-hetero) is 3. The number of nitrogens with zero attached hydrogens (tertiary/aromatic N) is 1. The van der Waals surface area contributed by atoms with Crippen LogP contribution in [0, 0.1) is 35.5 Å². The number of ketones is 3. The Kier molecular flexibility index (Phi) is 22.9. The molecule has 384 valence electrons. The molecule has 0 aromatic carbocycles. The van der Waals surface area contributed by atoms with Gasteiger partial charge in [-0.05, 0) is 107 Å². The summed E-state index contributed by atoms with van der Waals surface area (Å²) in [5, 5.41) is 32.8. The van der Waals surface area contributed by atoms with Gasteiger partial charge >= 0.3 is 5.97 Å². The van der Waals surface area contributed by atoms with E-state index in [1.165, 1.54) is 12.0 Å². The van der Waals surface area contributed by atoms with Crippen molar-refractivity contribution < 1.29 is 67.7 Å². The number of ether oxygens (including phenoxy) is 6. The highest BCUT2D eigenvalue weighted by Crippen LogP contribution is 2.38. The monoisotopic (exact) mass is 958 g/mol. The summed E-state index contributed by atoms with van der Waals surface area (Å²) in [6, 6.07) is -1.14. The van der Waals surface area contributed by atoms with Gasteiger partial charge in [0.2, 0.25) is 5.79 Å². The second kappa shape index (κ2) is 27.3. The molecule has 15 atom stereocenters. The summed E-state index contributed by atoms with van der Waals surface area (Å²) in [4.78, 5) is 72.1. The Morgan fingerprint density at radius 1 is 0.853 bits per heavy atom. The second-order valence-electron chi connectivity index (χ2n) is 20.2. The van der Waals surface area contributed by atoms with Crippen molar-refractivity contribution in [1.82, 2.24) is 4.90 Å². The maximum absolute atomic E-state index is 14.5. The van der Waals surface area contributed by atoms with Crippen LogP contribution in [0.4, 0.5) is 0 Å². The molecule has 3 aliphatic heterocycles. The summed E-state index contributed by atoms with van der Waals surface area (Å²) in [5.74, 6) is -7.96. The predicted molar refractivity (Wildman–Crippen MR) is 256 cm³/mol.